The van der Waals surface area contributed by atoms with Gasteiger partial charge in [-0.15, -0.1) is 0 Å². The van der Waals surface area contributed by atoms with Gasteiger partial charge in [-0.1, -0.05) is 0 Å². The molecule has 0 saturated carbocycles. The number of methoxy groups -OCH3 is 1. The normalized spacial score (nSPS) is 13.6. The predicted octanol–water partition coefficient (Wildman–Crippen LogP) is 2.28. The summed E-state index contributed by atoms with van der Waals surface area (Å²) in [6, 6.07) is 0. The molecule has 0 aliphatic carbocycles. The van der Waals surface area contributed by atoms with Crippen LogP contribution in [0.15, 0.2) is 11.8 Å². The lowest BCUT2D eigenvalue weighted by Crippen LogP contribution is -2.39. The van der Waals surface area contributed by atoms with Crippen LogP contribution in [0.3, 0.4) is 0 Å². The Bertz CT molecular complexity index is 282. The second-order valence-electron chi connectivity index (χ2n) is 2.54. The Morgan fingerprint density at radius 2 is 1.75 bits per heavy atom. The highest BCUT2D eigenvalue weighted by Gasteiger charge is 2.61. The van der Waals surface area contributed by atoms with Crippen molar-refractivity contribution in [3.8, 4) is 0 Å². The molecule has 0 saturated heterocycles. The highest BCUT2D eigenvalue weighted by Crippen LogP contribution is 2.41. The summed E-state index contributed by atoms with van der Waals surface area (Å²) in [5.41, 5.74) is 0. The molecule has 0 bridgehead atoms. The number of alkyl halides is 5. The molecular weight excluding hydrogens is 239 g/mol. The van der Waals surface area contributed by atoms with Crippen molar-refractivity contribution in [2.24, 2.45) is 0 Å². The van der Waals surface area contributed by atoms with Crippen molar-refractivity contribution in [1.82, 2.24) is 0 Å². The molecule has 0 N–H and O–H groups in total. The van der Waals surface area contributed by atoms with Crippen LogP contribution >= 0.6 is 0 Å². The molecule has 3 nitrogen and oxygen atoms in total. The zero-order chi connectivity index (χ0) is 13.0. The lowest BCUT2D eigenvalue weighted by atomic mass is 10.2. The van der Waals surface area contributed by atoms with Crippen LogP contribution in [0.1, 0.15) is 6.92 Å². The molecule has 0 radical (unpaired) electrons. The fraction of sp³-hybridized carbons (Fsp3) is 0.625. The lowest BCUT2D eigenvalue weighted by molar-refractivity contribution is -0.275. The maximum Gasteiger partial charge on any atom is 0.461 e. The van der Waals surface area contributed by atoms with Gasteiger partial charge < -0.3 is 9.47 Å². The molecule has 0 atom stereocenters. The van der Waals surface area contributed by atoms with Crippen molar-refractivity contribution < 1.29 is 36.2 Å². The third-order valence-corrected chi connectivity index (χ3v) is 1.42. The first kappa shape index (κ1) is 14.7. The molecule has 0 aromatic carbocycles. The van der Waals surface area contributed by atoms with Crippen molar-refractivity contribution in [2.45, 2.75) is 19.0 Å². The van der Waals surface area contributed by atoms with Gasteiger partial charge in [0.15, 0.2) is 5.76 Å². The summed E-state index contributed by atoms with van der Waals surface area (Å²) in [6.07, 6.45) is -5.86. The van der Waals surface area contributed by atoms with E-state index < -0.39 is 23.8 Å². The van der Waals surface area contributed by atoms with Gasteiger partial charge in [0.2, 0.25) is 0 Å². The predicted molar refractivity (Wildman–Crippen MR) is 42.7 cm³/mol. The van der Waals surface area contributed by atoms with Crippen LogP contribution in [0.5, 0.6) is 0 Å². The molecule has 0 aliphatic rings. The molecule has 0 rings (SSSR count). The number of esters is 1. The second-order valence-corrected chi connectivity index (χ2v) is 2.54. The second kappa shape index (κ2) is 5.13. The average molecular weight is 248 g/mol. The molecule has 0 spiro atoms. The molecule has 0 heterocycles. The van der Waals surface area contributed by atoms with E-state index in [4.69, 9.17) is 0 Å². The Morgan fingerprint density at radius 3 is 2.06 bits per heavy atom. The molecule has 0 amide bonds. The van der Waals surface area contributed by atoms with Gasteiger partial charge in [0.25, 0.3) is 0 Å². The van der Waals surface area contributed by atoms with Crippen LogP contribution in [0, 0.1) is 0 Å². The van der Waals surface area contributed by atoms with E-state index in [1.165, 1.54) is 6.92 Å². The van der Waals surface area contributed by atoms with E-state index in [1.807, 2.05) is 0 Å². The van der Waals surface area contributed by atoms with Crippen LogP contribution < -0.4 is 0 Å². The number of ether oxygens (including phenoxy) is 2. The molecule has 0 unspecified atom stereocenters. The van der Waals surface area contributed by atoms with E-state index in [1.54, 1.807) is 0 Å². The van der Waals surface area contributed by atoms with Crippen molar-refractivity contribution in [3.05, 3.63) is 11.8 Å². The number of allylic oxidation sites excluding steroid dienone is 1. The van der Waals surface area contributed by atoms with Gasteiger partial charge in [-0.2, -0.15) is 22.0 Å². The number of rotatable bonds is 4. The van der Waals surface area contributed by atoms with Crippen molar-refractivity contribution in [3.63, 3.8) is 0 Å². The first-order valence-corrected chi connectivity index (χ1v) is 4.04. The fourth-order valence-corrected chi connectivity index (χ4v) is 0.708. The van der Waals surface area contributed by atoms with E-state index in [-0.39, 0.29) is 12.7 Å². The lowest BCUT2D eigenvalue weighted by Gasteiger charge is -2.20. The number of hydrogen-bond donors (Lipinski definition) is 0. The molecule has 94 valence electrons. The minimum atomic E-state index is -5.83. The van der Waals surface area contributed by atoms with Crippen LogP contribution in [-0.4, -0.2) is 31.8 Å². The SMILES string of the molecule is CCOC(=O)/C=C(\OC)C(F)(F)C(F)(F)F. The third-order valence-electron chi connectivity index (χ3n) is 1.42. The average Bonchev–Trinajstić information content (AvgIpc) is 2.12. The molecule has 0 aromatic rings. The summed E-state index contributed by atoms with van der Waals surface area (Å²) in [4.78, 5) is 10.7. The smallest absolute Gasteiger partial charge is 0.461 e. The summed E-state index contributed by atoms with van der Waals surface area (Å²) in [6.45, 7) is 1.23. The van der Waals surface area contributed by atoms with E-state index in [0.717, 1.165) is 0 Å². The highest BCUT2D eigenvalue weighted by molar-refractivity contribution is 5.82. The van der Waals surface area contributed by atoms with Gasteiger partial charge in [0, 0.05) is 0 Å². The van der Waals surface area contributed by atoms with Gasteiger partial charge >= 0.3 is 18.1 Å². The van der Waals surface area contributed by atoms with Crippen LogP contribution in [-0.2, 0) is 14.3 Å². The first-order valence-electron chi connectivity index (χ1n) is 4.04. The maximum absolute atomic E-state index is 12.7. The summed E-state index contributed by atoms with van der Waals surface area (Å²) in [5.74, 6) is -8.36. The van der Waals surface area contributed by atoms with Crippen LogP contribution in [0.4, 0.5) is 22.0 Å². The Hall–Kier alpha value is -1.34. The van der Waals surface area contributed by atoms with Gasteiger partial charge in [-0.05, 0) is 6.92 Å². The van der Waals surface area contributed by atoms with Gasteiger partial charge in [0.05, 0.1) is 19.8 Å². The summed E-state index contributed by atoms with van der Waals surface area (Å²) < 4.78 is 69.0. The summed E-state index contributed by atoms with van der Waals surface area (Å²) in [5, 5.41) is 0. The van der Waals surface area contributed by atoms with Crippen molar-refractivity contribution in [2.75, 3.05) is 13.7 Å². The van der Waals surface area contributed by atoms with E-state index >= 15 is 0 Å². The summed E-state index contributed by atoms with van der Waals surface area (Å²) >= 11 is 0. The first-order chi connectivity index (χ1) is 7.16. The van der Waals surface area contributed by atoms with E-state index in [2.05, 4.69) is 9.47 Å². The third kappa shape index (κ3) is 3.35. The Balaban J connectivity index is 5.07. The van der Waals surface area contributed by atoms with E-state index in [0.29, 0.717) is 7.11 Å². The zero-order valence-electron chi connectivity index (χ0n) is 8.40. The monoisotopic (exact) mass is 248 g/mol. The van der Waals surface area contributed by atoms with Gasteiger partial charge in [0.1, 0.15) is 0 Å². The fourth-order valence-electron chi connectivity index (χ4n) is 0.708. The standard InChI is InChI=1S/C8H9F5O3/c1-3-16-6(14)4-5(15-2)7(9,10)8(11,12)13/h4H,3H2,1-2H3/b5-4-. The number of halogens is 5. The molecule has 0 fully saturated rings. The van der Waals surface area contributed by atoms with Crippen LogP contribution in [0.2, 0.25) is 0 Å². The van der Waals surface area contributed by atoms with Crippen molar-refractivity contribution in [1.29, 1.82) is 0 Å². The minimum Gasteiger partial charge on any atom is -0.494 e. The largest absolute Gasteiger partial charge is 0.494 e. The maximum atomic E-state index is 12.7. The Kier molecular flexibility index (Phi) is 4.70. The van der Waals surface area contributed by atoms with Gasteiger partial charge in [-0.25, -0.2) is 4.79 Å². The van der Waals surface area contributed by atoms with Crippen LogP contribution in [0.25, 0.3) is 0 Å². The van der Waals surface area contributed by atoms with Crippen molar-refractivity contribution >= 4 is 5.97 Å². The quantitative estimate of drug-likeness (QED) is 0.331. The number of carbonyl (C=O) groups is 1. The molecule has 8 heteroatoms. The topological polar surface area (TPSA) is 35.5 Å². The zero-order valence-corrected chi connectivity index (χ0v) is 8.40. The number of carbonyl (C=O) groups excluding carboxylic acids is 1. The number of hydrogen-bond acceptors (Lipinski definition) is 3. The molecule has 0 aromatic heterocycles. The molecule has 16 heavy (non-hydrogen) atoms. The van der Waals surface area contributed by atoms with Gasteiger partial charge in [-0.3, -0.25) is 0 Å². The highest BCUT2D eigenvalue weighted by atomic mass is 19.4. The molecule has 0 aliphatic heterocycles. The minimum absolute atomic E-state index is 0.0308. The summed E-state index contributed by atoms with van der Waals surface area (Å²) in [7, 11) is 0.602. The molecular formula is C8H9F5O3. The van der Waals surface area contributed by atoms with E-state index in [9.17, 15) is 26.7 Å². The Labute approximate surface area is 87.8 Å². The Morgan fingerprint density at radius 1 is 1.25 bits per heavy atom.